The van der Waals surface area contributed by atoms with Gasteiger partial charge in [-0.05, 0) is 53.5 Å². The van der Waals surface area contributed by atoms with Crippen LogP contribution in [0.5, 0.6) is 0 Å². The quantitative estimate of drug-likeness (QED) is 0.812. The van der Waals surface area contributed by atoms with E-state index in [4.69, 9.17) is 5.73 Å². The van der Waals surface area contributed by atoms with Gasteiger partial charge in [-0.1, -0.05) is 0 Å². The zero-order valence-corrected chi connectivity index (χ0v) is 13.5. The van der Waals surface area contributed by atoms with E-state index >= 15 is 0 Å². The van der Waals surface area contributed by atoms with E-state index in [1.165, 1.54) is 6.42 Å². The summed E-state index contributed by atoms with van der Waals surface area (Å²) < 4.78 is 27.6. The molecule has 2 saturated heterocycles. The molecule has 2 N–H and O–H groups in total. The Bertz CT molecular complexity index is 620. The molecule has 2 aliphatic heterocycles. The molecule has 5 nitrogen and oxygen atoms in total. The van der Waals surface area contributed by atoms with E-state index in [1.54, 1.807) is 22.5 Å². The number of hydrogen-bond donors (Lipinski definition) is 1. The van der Waals surface area contributed by atoms with Crippen LogP contribution < -0.4 is 5.73 Å². The van der Waals surface area contributed by atoms with Crippen molar-refractivity contribution in [1.29, 1.82) is 0 Å². The lowest BCUT2D eigenvalue weighted by molar-refractivity contribution is 0.158. The van der Waals surface area contributed by atoms with Gasteiger partial charge in [-0.2, -0.15) is 4.31 Å². The van der Waals surface area contributed by atoms with Crippen molar-refractivity contribution in [1.82, 2.24) is 9.21 Å². The second kappa shape index (κ2) is 5.29. The number of piperazine rings is 1. The molecule has 0 spiro atoms. The highest BCUT2D eigenvalue weighted by molar-refractivity contribution is 9.10. The maximum absolute atomic E-state index is 12.7. The highest BCUT2D eigenvalue weighted by atomic mass is 79.9. The van der Waals surface area contributed by atoms with Crippen LogP contribution in [0.2, 0.25) is 0 Å². The number of benzene rings is 1. The minimum Gasteiger partial charge on any atom is -0.399 e. The molecule has 0 aliphatic carbocycles. The third-order valence-electron chi connectivity index (χ3n) is 4.12. The van der Waals surface area contributed by atoms with Crippen LogP contribution in [0.4, 0.5) is 5.69 Å². The van der Waals surface area contributed by atoms with Crippen molar-refractivity contribution in [2.24, 2.45) is 0 Å². The van der Waals surface area contributed by atoms with Crippen molar-refractivity contribution in [2.45, 2.75) is 23.8 Å². The molecule has 0 saturated carbocycles. The topological polar surface area (TPSA) is 66.6 Å². The normalized spacial score (nSPS) is 24.8. The smallest absolute Gasteiger partial charge is 0.244 e. The third-order valence-corrected chi connectivity index (χ3v) is 6.97. The van der Waals surface area contributed by atoms with Crippen LogP contribution in [0.1, 0.15) is 12.8 Å². The Morgan fingerprint density at radius 2 is 2.05 bits per heavy atom. The molecule has 0 bridgehead atoms. The molecular formula is C13H18BrN3O2S. The molecule has 20 heavy (non-hydrogen) atoms. The first-order chi connectivity index (χ1) is 9.48. The SMILES string of the molecule is Nc1ccc(S(=O)(=O)N2CCN3CCCC3C2)c(Br)c1. The van der Waals surface area contributed by atoms with Crippen molar-refractivity contribution < 1.29 is 8.42 Å². The number of hydrogen-bond acceptors (Lipinski definition) is 4. The molecule has 1 aromatic rings. The van der Waals surface area contributed by atoms with Crippen molar-refractivity contribution in [2.75, 3.05) is 31.9 Å². The predicted octanol–water partition coefficient (Wildman–Crippen LogP) is 1.50. The fourth-order valence-electron chi connectivity index (χ4n) is 3.05. The summed E-state index contributed by atoms with van der Waals surface area (Å²) in [7, 11) is -3.44. The fourth-order valence-corrected chi connectivity index (χ4v) is 5.57. The Hall–Kier alpha value is -0.630. The van der Waals surface area contributed by atoms with Gasteiger partial charge in [0.25, 0.3) is 0 Å². The van der Waals surface area contributed by atoms with Gasteiger partial charge in [0, 0.05) is 35.8 Å². The maximum Gasteiger partial charge on any atom is 0.244 e. The lowest BCUT2D eigenvalue weighted by atomic mass is 10.2. The Kier molecular flexibility index (Phi) is 3.79. The summed E-state index contributed by atoms with van der Waals surface area (Å²) in [6.07, 6.45) is 2.26. The summed E-state index contributed by atoms with van der Waals surface area (Å²) in [6.45, 7) is 3.09. The second-order valence-corrected chi connectivity index (χ2v) is 8.15. The minimum atomic E-state index is -3.44. The van der Waals surface area contributed by atoms with Gasteiger partial charge in [-0.25, -0.2) is 8.42 Å². The van der Waals surface area contributed by atoms with E-state index in [2.05, 4.69) is 20.8 Å². The monoisotopic (exact) mass is 359 g/mol. The Balaban J connectivity index is 1.88. The standard InChI is InChI=1S/C13H18BrN3O2S/c14-12-8-10(15)3-4-13(12)20(18,19)17-7-6-16-5-1-2-11(16)9-17/h3-4,8,11H,1-2,5-7,9,15H2. The van der Waals surface area contributed by atoms with E-state index in [-0.39, 0.29) is 0 Å². The summed E-state index contributed by atoms with van der Waals surface area (Å²) in [4.78, 5) is 2.70. The van der Waals surface area contributed by atoms with E-state index < -0.39 is 10.0 Å². The van der Waals surface area contributed by atoms with Crippen molar-refractivity contribution in [3.05, 3.63) is 22.7 Å². The predicted molar refractivity (Wildman–Crippen MR) is 81.9 cm³/mol. The van der Waals surface area contributed by atoms with Crippen LogP contribution in [-0.4, -0.2) is 49.8 Å². The molecule has 1 unspecified atom stereocenters. The van der Waals surface area contributed by atoms with Crippen molar-refractivity contribution >= 4 is 31.6 Å². The number of anilines is 1. The highest BCUT2D eigenvalue weighted by Crippen LogP contribution is 2.30. The summed E-state index contributed by atoms with van der Waals surface area (Å²) in [5.41, 5.74) is 6.23. The van der Waals surface area contributed by atoms with Gasteiger partial charge < -0.3 is 5.73 Å². The van der Waals surface area contributed by atoms with Gasteiger partial charge in [-0.15, -0.1) is 0 Å². The van der Waals surface area contributed by atoms with Gasteiger partial charge in [0.1, 0.15) is 0 Å². The number of fused-ring (bicyclic) bond motifs is 1. The maximum atomic E-state index is 12.7. The molecule has 0 aromatic heterocycles. The van der Waals surface area contributed by atoms with Crippen LogP contribution in [0.15, 0.2) is 27.6 Å². The van der Waals surface area contributed by atoms with E-state index in [0.29, 0.717) is 34.2 Å². The van der Waals surface area contributed by atoms with E-state index in [1.807, 2.05) is 0 Å². The Morgan fingerprint density at radius 3 is 2.80 bits per heavy atom. The minimum absolute atomic E-state index is 0.304. The Morgan fingerprint density at radius 1 is 1.25 bits per heavy atom. The molecule has 0 amide bonds. The van der Waals surface area contributed by atoms with Crippen molar-refractivity contribution in [3.8, 4) is 0 Å². The van der Waals surface area contributed by atoms with E-state index in [9.17, 15) is 8.42 Å². The van der Waals surface area contributed by atoms with Gasteiger partial charge in [0.05, 0.1) is 4.90 Å². The fraction of sp³-hybridized carbons (Fsp3) is 0.538. The number of nitrogens with zero attached hydrogens (tertiary/aromatic N) is 2. The Labute approximate surface area is 127 Å². The zero-order chi connectivity index (χ0) is 14.3. The molecule has 3 rings (SSSR count). The third kappa shape index (κ3) is 2.47. The molecule has 110 valence electrons. The lowest BCUT2D eigenvalue weighted by Gasteiger charge is -2.36. The first-order valence-electron chi connectivity index (χ1n) is 6.78. The molecule has 0 radical (unpaired) electrons. The molecular weight excluding hydrogens is 342 g/mol. The number of rotatable bonds is 2. The number of halogens is 1. The summed E-state index contributed by atoms with van der Waals surface area (Å²) in [5, 5.41) is 0. The molecule has 7 heteroatoms. The molecule has 2 heterocycles. The van der Waals surface area contributed by atoms with E-state index in [0.717, 1.165) is 19.5 Å². The zero-order valence-electron chi connectivity index (χ0n) is 11.1. The van der Waals surface area contributed by atoms with Crippen LogP contribution >= 0.6 is 15.9 Å². The van der Waals surface area contributed by atoms with Gasteiger partial charge >= 0.3 is 0 Å². The van der Waals surface area contributed by atoms with Gasteiger partial charge in [0.15, 0.2) is 0 Å². The summed E-state index contributed by atoms with van der Waals surface area (Å²) in [5.74, 6) is 0. The van der Waals surface area contributed by atoms with Gasteiger partial charge in [-0.3, -0.25) is 4.90 Å². The summed E-state index contributed by atoms with van der Waals surface area (Å²) in [6, 6.07) is 5.23. The lowest BCUT2D eigenvalue weighted by Crippen LogP contribution is -2.51. The van der Waals surface area contributed by atoms with Crippen LogP contribution in [-0.2, 0) is 10.0 Å². The number of nitrogens with two attached hydrogens (primary N) is 1. The van der Waals surface area contributed by atoms with Crippen LogP contribution in [0, 0.1) is 0 Å². The average molecular weight is 360 g/mol. The van der Waals surface area contributed by atoms with Gasteiger partial charge in [0.2, 0.25) is 10.0 Å². The highest BCUT2D eigenvalue weighted by Gasteiger charge is 2.36. The number of sulfonamides is 1. The molecule has 2 aliphatic rings. The molecule has 1 aromatic carbocycles. The second-order valence-electron chi connectivity index (χ2n) is 5.38. The molecule has 1 atom stereocenters. The first kappa shape index (κ1) is 14.3. The first-order valence-corrected chi connectivity index (χ1v) is 9.01. The summed E-state index contributed by atoms with van der Waals surface area (Å²) >= 11 is 3.31. The molecule has 2 fully saturated rings. The average Bonchev–Trinajstić information content (AvgIpc) is 2.85. The van der Waals surface area contributed by atoms with Crippen LogP contribution in [0.3, 0.4) is 0 Å². The van der Waals surface area contributed by atoms with Crippen molar-refractivity contribution in [3.63, 3.8) is 0 Å². The number of nitrogen functional groups attached to an aromatic ring is 1. The largest absolute Gasteiger partial charge is 0.399 e. The van der Waals surface area contributed by atoms with Crippen LogP contribution in [0.25, 0.3) is 0 Å².